The first-order valence-corrected chi connectivity index (χ1v) is 13.2. The van der Waals surface area contributed by atoms with Crippen molar-refractivity contribution in [3.63, 3.8) is 0 Å². The van der Waals surface area contributed by atoms with Gasteiger partial charge < -0.3 is 19.3 Å². The zero-order chi connectivity index (χ0) is 24.7. The molecular formula is C29H36O6. The highest BCUT2D eigenvalue weighted by Gasteiger charge is 2.83. The van der Waals surface area contributed by atoms with Crippen LogP contribution in [0.15, 0.2) is 23.5 Å². The van der Waals surface area contributed by atoms with Crippen molar-refractivity contribution in [3.05, 3.63) is 23.5 Å². The van der Waals surface area contributed by atoms with Gasteiger partial charge in [0.05, 0.1) is 24.2 Å². The van der Waals surface area contributed by atoms with Gasteiger partial charge in [0.15, 0.2) is 0 Å². The number of hydrogen-bond acceptors (Lipinski definition) is 6. The molecule has 3 heterocycles. The average Bonchev–Trinajstić information content (AvgIpc) is 3.25. The van der Waals surface area contributed by atoms with E-state index < -0.39 is 27.9 Å². The van der Waals surface area contributed by atoms with Crippen LogP contribution in [0.1, 0.15) is 85.0 Å². The van der Waals surface area contributed by atoms with Gasteiger partial charge in [-0.15, -0.1) is 5.92 Å². The molecule has 6 nitrogen and oxygen atoms in total. The highest BCUT2D eigenvalue weighted by molar-refractivity contribution is 5.85. The molecule has 6 aliphatic rings. The Morgan fingerprint density at radius 2 is 2.00 bits per heavy atom. The van der Waals surface area contributed by atoms with Crippen LogP contribution < -0.4 is 0 Å². The third kappa shape index (κ3) is 2.66. The zero-order valence-corrected chi connectivity index (χ0v) is 21.1. The lowest BCUT2D eigenvalue weighted by atomic mass is 9.28. The first-order valence-electron chi connectivity index (χ1n) is 13.2. The molecule has 1 spiro atoms. The van der Waals surface area contributed by atoms with Crippen LogP contribution in [-0.2, 0) is 23.8 Å². The van der Waals surface area contributed by atoms with E-state index in [0.29, 0.717) is 38.7 Å². The maximum absolute atomic E-state index is 13.0. The normalized spacial score (nSPS) is 47.8. The van der Waals surface area contributed by atoms with Crippen LogP contribution >= 0.6 is 0 Å². The van der Waals surface area contributed by atoms with Crippen molar-refractivity contribution in [3.8, 4) is 11.8 Å². The summed E-state index contributed by atoms with van der Waals surface area (Å²) in [5.74, 6) is 6.34. The van der Waals surface area contributed by atoms with E-state index in [1.165, 1.54) is 5.57 Å². The second-order valence-electron chi connectivity index (χ2n) is 12.3. The van der Waals surface area contributed by atoms with E-state index in [1.807, 2.05) is 6.26 Å². The summed E-state index contributed by atoms with van der Waals surface area (Å²) in [4.78, 5) is 24.8. The van der Waals surface area contributed by atoms with Gasteiger partial charge in [0.25, 0.3) is 0 Å². The van der Waals surface area contributed by atoms with Crippen molar-refractivity contribution in [2.45, 2.75) is 103 Å². The second kappa shape index (κ2) is 7.38. The fraction of sp³-hybridized carbons (Fsp3) is 0.724. The molecular weight excluding hydrogens is 444 g/mol. The van der Waals surface area contributed by atoms with Crippen molar-refractivity contribution in [2.24, 2.45) is 21.7 Å². The van der Waals surface area contributed by atoms with Crippen LogP contribution in [0.25, 0.3) is 0 Å². The quantitative estimate of drug-likeness (QED) is 0.478. The monoisotopic (exact) mass is 480 g/mol. The van der Waals surface area contributed by atoms with Gasteiger partial charge >= 0.3 is 11.9 Å². The van der Waals surface area contributed by atoms with Crippen LogP contribution in [0, 0.1) is 33.5 Å². The maximum atomic E-state index is 13.0. The van der Waals surface area contributed by atoms with E-state index in [2.05, 4.69) is 32.6 Å². The lowest BCUT2D eigenvalue weighted by Gasteiger charge is -2.78. The summed E-state index contributed by atoms with van der Waals surface area (Å²) in [6.07, 6.45) is 9.67. The number of fused-ring (bicyclic) bond motifs is 3. The Bertz CT molecular complexity index is 1110. The zero-order valence-electron chi connectivity index (χ0n) is 21.1. The first-order chi connectivity index (χ1) is 16.6. The minimum Gasteiger partial charge on any atom is -0.493 e. The van der Waals surface area contributed by atoms with Gasteiger partial charge in [0.1, 0.15) is 18.3 Å². The summed E-state index contributed by atoms with van der Waals surface area (Å²) in [6, 6.07) is 0. The number of aliphatic hydroxyl groups is 1. The van der Waals surface area contributed by atoms with E-state index in [-0.39, 0.29) is 29.9 Å². The van der Waals surface area contributed by atoms with Crippen LogP contribution in [0.3, 0.4) is 0 Å². The molecule has 0 aromatic carbocycles. The van der Waals surface area contributed by atoms with E-state index in [9.17, 15) is 14.7 Å². The Hall–Kier alpha value is -2.26. The van der Waals surface area contributed by atoms with Crippen molar-refractivity contribution in [1.29, 1.82) is 0 Å². The fourth-order valence-electron chi connectivity index (χ4n) is 9.51. The number of rotatable bonds is 3. The van der Waals surface area contributed by atoms with E-state index in [4.69, 9.17) is 14.2 Å². The minimum absolute atomic E-state index is 0.125. The van der Waals surface area contributed by atoms with E-state index in [1.54, 1.807) is 6.08 Å². The van der Waals surface area contributed by atoms with Crippen molar-refractivity contribution < 1.29 is 28.9 Å². The number of esters is 2. The molecule has 3 saturated carbocycles. The Balaban J connectivity index is 1.61. The van der Waals surface area contributed by atoms with Crippen LogP contribution in [0.2, 0.25) is 0 Å². The SMILES string of the molecule is C[C@@]12CCCC3=CO[C@@]4(CCC5=CC(=O)OC5)[C@@](C)([C@@H](O)CC1)[C@]32[C@H]1C[C@]4(C)C#CCCC(=O)O1. The third-order valence-corrected chi connectivity index (χ3v) is 10.9. The molecule has 0 aromatic rings. The topological polar surface area (TPSA) is 82.1 Å². The molecule has 3 aliphatic heterocycles. The number of cyclic esters (lactones) is 1. The molecule has 3 fully saturated rings. The average molecular weight is 481 g/mol. The van der Waals surface area contributed by atoms with Gasteiger partial charge in [-0.3, -0.25) is 4.79 Å². The Kier molecular flexibility index (Phi) is 4.88. The molecule has 6 heteroatoms. The predicted molar refractivity (Wildman–Crippen MR) is 128 cm³/mol. The molecule has 0 amide bonds. The lowest BCUT2D eigenvalue weighted by molar-refractivity contribution is -0.349. The van der Waals surface area contributed by atoms with Gasteiger partial charge in [0, 0.05) is 29.7 Å². The number of ether oxygens (including phenoxy) is 3. The molecule has 0 radical (unpaired) electrons. The molecule has 35 heavy (non-hydrogen) atoms. The van der Waals surface area contributed by atoms with Gasteiger partial charge in [-0.2, -0.15) is 0 Å². The maximum Gasteiger partial charge on any atom is 0.331 e. The van der Waals surface area contributed by atoms with Crippen molar-refractivity contribution in [1.82, 2.24) is 0 Å². The number of hydrogen-bond donors (Lipinski definition) is 1. The van der Waals surface area contributed by atoms with Crippen molar-refractivity contribution in [2.75, 3.05) is 6.61 Å². The fourth-order valence-corrected chi connectivity index (χ4v) is 9.51. The molecule has 7 atom stereocenters. The Labute approximate surface area is 207 Å². The van der Waals surface area contributed by atoms with Gasteiger partial charge in [0.2, 0.25) is 0 Å². The van der Waals surface area contributed by atoms with Crippen LogP contribution in [0.5, 0.6) is 0 Å². The van der Waals surface area contributed by atoms with Gasteiger partial charge in [-0.05, 0) is 68.4 Å². The molecule has 188 valence electrons. The summed E-state index contributed by atoms with van der Waals surface area (Å²) in [7, 11) is 0. The molecule has 6 rings (SSSR count). The standard InChI is InChI=1S/C29H36O6/c1-25-12-6-7-20-18-34-28(14-9-19-15-24(32)33-17-19)26(2)11-5-4-8-23(31)35-22(16-26)29(20,25)27(28,3)21(30)10-13-25/h15,18,21-22,30H,4,6-10,12-14,16-17H2,1-3H3/t21-,22+,25+,26-,27+,28+,29-/m0/s1. The third-order valence-electron chi connectivity index (χ3n) is 10.9. The van der Waals surface area contributed by atoms with Gasteiger partial charge in [-0.25, -0.2) is 4.79 Å². The Morgan fingerprint density at radius 1 is 1.17 bits per heavy atom. The van der Waals surface area contributed by atoms with Crippen molar-refractivity contribution >= 4 is 11.9 Å². The minimum atomic E-state index is -0.811. The molecule has 3 aliphatic carbocycles. The summed E-state index contributed by atoms with van der Waals surface area (Å²) in [5.41, 5.74) is -0.692. The number of aliphatic hydroxyl groups excluding tert-OH is 1. The molecule has 0 aromatic heterocycles. The highest BCUT2D eigenvalue weighted by Crippen LogP contribution is 2.80. The highest BCUT2D eigenvalue weighted by atomic mass is 16.5. The predicted octanol–water partition coefficient (Wildman–Crippen LogP) is 4.36. The Morgan fingerprint density at radius 3 is 2.77 bits per heavy atom. The number of carbonyl (C=O) groups excluding carboxylic acids is 2. The number of carbonyl (C=O) groups is 2. The first kappa shape index (κ1) is 23.2. The van der Waals surface area contributed by atoms with E-state index >= 15 is 0 Å². The van der Waals surface area contributed by atoms with Crippen LogP contribution in [0.4, 0.5) is 0 Å². The smallest absolute Gasteiger partial charge is 0.331 e. The molecule has 1 N–H and O–H groups in total. The van der Waals surface area contributed by atoms with E-state index in [0.717, 1.165) is 31.3 Å². The van der Waals surface area contributed by atoms with Crippen LogP contribution in [-0.4, -0.2) is 41.5 Å². The summed E-state index contributed by atoms with van der Waals surface area (Å²) in [5, 5.41) is 12.0. The summed E-state index contributed by atoms with van der Waals surface area (Å²) >= 11 is 0. The summed E-state index contributed by atoms with van der Waals surface area (Å²) < 4.78 is 18.5. The molecule has 4 bridgehead atoms. The van der Waals surface area contributed by atoms with Gasteiger partial charge in [-0.1, -0.05) is 19.8 Å². The summed E-state index contributed by atoms with van der Waals surface area (Å²) in [6.45, 7) is 6.98. The molecule has 0 unspecified atom stereocenters. The molecule has 0 saturated heterocycles. The lowest BCUT2D eigenvalue weighted by Crippen LogP contribution is -2.82. The second-order valence-corrected chi connectivity index (χ2v) is 12.3. The largest absolute Gasteiger partial charge is 0.493 e.